The smallest absolute Gasteiger partial charge is 0.311 e. The molecule has 0 fully saturated rings. The van der Waals surface area contributed by atoms with Crippen molar-refractivity contribution in [1.82, 2.24) is 4.98 Å². The predicted molar refractivity (Wildman–Crippen MR) is 90.1 cm³/mol. The van der Waals surface area contributed by atoms with Crippen LogP contribution in [0.3, 0.4) is 0 Å². The number of rotatable bonds is 5. The summed E-state index contributed by atoms with van der Waals surface area (Å²) in [7, 11) is 0. The van der Waals surface area contributed by atoms with Crippen molar-refractivity contribution in [3.05, 3.63) is 69.9 Å². The van der Waals surface area contributed by atoms with Gasteiger partial charge in [0.05, 0.1) is 11.3 Å². The monoisotopic (exact) mass is 324 g/mol. The lowest BCUT2D eigenvalue weighted by Gasteiger charge is -2.05. The highest BCUT2D eigenvalue weighted by Crippen LogP contribution is 2.24. The third-order valence-electron chi connectivity index (χ3n) is 3.87. The van der Waals surface area contributed by atoms with Gasteiger partial charge in [-0.25, -0.2) is 0 Å². The van der Waals surface area contributed by atoms with Crippen LogP contribution in [0.2, 0.25) is 0 Å². The summed E-state index contributed by atoms with van der Waals surface area (Å²) in [5.41, 5.74) is 2.56. The Morgan fingerprint density at radius 3 is 2.79 bits per heavy atom. The Bertz CT molecular complexity index is 914. The number of hydrogen-bond donors (Lipinski definition) is 1. The number of nitro groups is 1. The lowest BCUT2D eigenvalue weighted by Crippen LogP contribution is -2.09. The first-order chi connectivity index (χ1) is 11.5. The van der Waals surface area contributed by atoms with Crippen LogP contribution in [0.15, 0.2) is 48.7 Å². The van der Waals surface area contributed by atoms with Gasteiger partial charge in [0.1, 0.15) is 5.75 Å². The molecular weight excluding hydrogens is 308 g/mol. The molecule has 2 aromatic carbocycles. The predicted octanol–water partition coefficient (Wildman–Crippen LogP) is 3.92. The Hall–Kier alpha value is -3.15. The molecule has 1 N–H and O–H groups in total. The number of nitrogens with one attached hydrogen (secondary N) is 1. The summed E-state index contributed by atoms with van der Waals surface area (Å²) in [4.78, 5) is 25.5. The average molecular weight is 324 g/mol. The average Bonchev–Trinajstić information content (AvgIpc) is 2.96. The molecule has 3 aromatic rings. The van der Waals surface area contributed by atoms with Crippen molar-refractivity contribution in [1.29, 1.82) is 0 Å². The van der Waals surface area contributed by atoms with E-state index in [1.54, 1.807) is 6.92 Å². The fourth-order valence-corrected chi connectivity index (χ4v) is 2.65. The van der Waals surface area contributed by atoms with Gasteiger partial charge in [0, 0.05) is 28.7 Å². The standard InChI is InChI=1S/C18H16N2O4/c1-12-10-14(7-8-17(12)20(22)23)24-18(21)9-6-13-11-19-16-5-3-2-4-15(13)16/h2-5,7-8,10-11,19H,6,9H2,1H3. The molecule has 0 atom stereocenters. The van der Waals surface area contributed by atoms with Gasteiger partial charge >= 0.3 is 5.97 Å². The molecule has 0 saturated heterocycles. The van der Waals surface area contributed by atoms with Gasteiger partial charge in [-0.2, -0.15) is 0 Å². The maximum Gasteiger partial charge on any atom is 0.311 e. The molecule has 0 aliphatic carbocycles. The molecule has 0 saturated carbocycles. The van der Waals surface area contributed by atoms with Crippen LogP contribution in [-0.2, 0) is 11.2 Å². The molecule has 6 heteroatoms. The summed E-state index contributed by atoms with van der Waals surface area (Å²) in [5, 5.41) is 11.9. The maximum atomic E-state index is 12.0. The Balaban J connectivity index is 1.64. The van der Waals surface area contributed by atoms with Gasteiger partial charge in [-0.05, 0) is 37.1 Å². The number of benzene rings is 2. The van der Waals surface area contributed by atoms with Crippen LogP contribution in [0.4, 0.5) is 5.69 Å². The summed E-state index contributed by atoms with van der Waals surface area (Å²) in [6, 6.07) is 12.2. The zero-order valence-electron chi connectivity index (χ0n) is 13.1. The second kappa shape index (κ2) is 6.54. The lowest BCUT2D eigenvalue weighted by atomic mass is 10.1. The zero-order chi connectivity index (χ0) is 17.1. The quantitative estimate of drug-likeness (QED) is 0.333. The summed E-state index contributed by atoms with van der Waals surface area (Å²) in [6.07, 6.45) is 2.70. The molecule has 0 unspecified atom stereocenters. The van der Waals surface area contributed by atoms with Crippen LogP contribution >= 0.6 is 0 Å². The van der Waals surface area contributed by atoms with Crippen molar-refractivity contribution in [3.8, 4) is 5.75 Å². The normalized spacial score (nSPS) is 10.7. The van der Waals surface area contributed by atoms with E-state index in [0.717, 1.165) is 16.5 Å². The van der Waals surface area contributed by atoms with E-state index in [0.29, 0.717) is 17.7 Å². The van der Waals surface area contributed by atoms with E-state index in [9.17, 15) is 14.9 Å². The first-order valence-corrected chi connectivity index (χ1v) is 7.55. The van der Waals surface area contributed by atoms with Crippen molar-refractivity contribution in [2.75, 3.05) is 0 Å². The van der Waals surface area contributed by atoms with Crippen LogP contribution in [0.5, 0.6) is 5.75 Å². The second-order valence-corrected chi connectivity index (χ2v) is 5.54. The van der Waals surface area contributed by atoms with Crippen molar-refractivity contribution < 1.29 is 14.5 Å². The Labute approximate surface area is 138 Å². The van der Waals surface area contributed by atoms with Crippen LogP contribution in [-0.4, -0.2) is 15.9 Å². The Morgan fingerprint density at radius 2 is 2.04 bits per heavy atom. The van der Waals surface area contributed by atoms with Crippen molar-refractivity contribution in [2.24, 2.45) is 0 Å². The molecule has 1 heterocycles. The minimum absolute atomic E-state index is 0.00796. The molecule has 0 aliphatic heterocycles. The summed E-state index contributed by atoms with van der Waals surface area (Å²) >= 11 is 0. The van der Waals surface area contributed by atoms with Gasteiger partial charge < -0.3 is 9.72 Å². The molecule has 1 aromatic heterocycles. The van der Waals surface area contributed by atoms with Crippen LogP contribution in [0, 0.1) is 17.0 Å². The van der Waals surface area contributed by atoms with Gasteiger partial charge in [0.2, 0.25) is 0 Å². The van der Waals surface area contributed by atoms with E-state index in [2.05, 4.69) is 4.98 Å². The SMILES string of the molecule is Cc1cc(OC(=O)CCc2c[nH]c3ccccc23)ccc1[N+](=O)[O-]. The summed E-state index contributed by atoms with van der Waals surface area (Å²) < 4.78 is 5.27. The number of carbonyl (C=O) groups is 1. The molecule has 0 aliphatic rings. The number of nitro benzene ring substituents is 1. The van der Waals surface area contributed by atoms with Crippen molar-refractivity contribution in [3.63, 3.8) is 0 Å². The third kappa shape index (κ3) is 3.27. The van der Waals surface area contributed by atoms with Crippen molar-refractivity contribution in [2.45, 2.75) is 19.8 Å². The van der Waals surface area contributed by atoms with E-state index in [-0.39, 0.29) is 18.1 Å². The molecule has 0 radical (unpaired) electrons. The van der Waals surface area contributed by atoms with E-state index < -0.39 is 4.92 Å². The number of aryl methyl sites for hydroxylation is 2. The van der Waals surface area contributed by atoms with E-state index in [4.69, 9.17) is 4.74 Å². The molecule has 6 nitrogen and oxygen atoms in total. The molecular formula is C18H16N2O4. The van der Waals surface area contributed by atoms with Gasteiger partial charge in [-0.1, -0.05) is 18.2 Å². The molecule has 0 spiro atoms. The summed E-state index contributed by atoms with van der Waals surface area (Å²) in [6.45, 7) is 1.61. The van der Waals surface area contributed by atoms with E-state index in [1.807, 2.05) is 30.5 Å². The van der Waals surface area contributed by atoms with Gasteiger partial charge in [-0.15, -0.1) is 0 Å². The van der Waals surface area contributed by atoms with Crippen molar-refractivity contribution >= 4 is 22.6 Å². The Morgan fingerprint density at radius 1 is 1.25 bits per heavy atom. The van der Waals surface area contributed by atoms with E-state index >= 15 is 0 Å². The fourth-order valence-electron chi connectivity index (χ4n) is 2.65. The number of H-pyrrole nitrogens is 1. The maximum absolute atomic E-state index is 12.0. The number of nitrogens with zero attached hydrogens (tertiary/aromatic N) is 1. The van der Waals surface area contributed by atoms with E-state index in [1.165, 1.54) is 18.2 Å². The highest BCUT2D eigenvalue weighted by Gasteiger charge is 2.13. The molecule has 3 rings (SSSR count). The van der Waals surface area contributed by atoms with Crippen LogP contribution < -0.4 is 4.74 Å². The number of carbonyl (C=O) groups excluding carboxylic acids is 1. The fraction of sp³-hybridized carbons (Fsp3) is 0.167. The highest BCUT2D eigenvalue weighted by molar-refractivity contribution is 5.83. The largest absolute Gasteiger partial charge is 0.427 e. The van der Waals surface area contributed by atoms with Crippen LogP contribution in [0.25, 0.3) is 10.9 Å². The first kappa shape index (κ1) is 15.7. The zero-order valence-corrected chi connectivity index (χ0v) is 13.1. The molecule has 24 heavy (non-hydrogen) atoms. The van der Waals surface area contributed by atoms with Gasteiger partial charge in [-0.3, -0.25) is 14.9 Å². The molecule has 122 valence electrons. The number of aromatic amines is 1. The lowest BCUT2D eigenvalue weighted by molar-refractivity contribution is -0.385. The van der Waals surface area contributed by atoms with Crippen LogP contribution in [0.1, 0.15) is 17.5 Å². The molecule has 0 bridgehead atoms. The van der Waals surface area contributed by atoms with Gasteiger partial charge in [0.25, 0.3) is 5.69 Å². The number of aromatic nitrogens is 1. The number of fused-ring (bicyclic) bond motifs is 1. The number of para-hydroxylation sites is 1. The number of esters is 1. The van der Waals surface area contributed by atoms with Gasteiger partial charge in [0.15, 0.2) is 0 Å². The third-order valence-corrected chi connectivity index (χ3v) is 3.87. The number of hydrogen-bond acceptors (Lipinski definition) is 4. The Kier molecular flexibility index (Phi) is 4.29. The minimum atomic E-state index is -0.460. The topological polar surface area (TPSA) is 85.2 Å². The minimum Gasteiger partial charge on any atom is -0.427 e. The number of ether oxygens (including phenoxy) is 1. The summed E-state index contributed by atoms with van der Waals surface area (Å²) in [5.74, 6) is -0.0458. The molecule has 0 amide bonds. The first-order valence-electron chi connectivity index (χ1n) is 7.55. The second-order valence-electron chi connectivity index (χ2n) is 5.54. The highest BCUT2D eigenvalue weighted by atomic mass is 16.6.